The van der Waals surface area contributed by atoms with Crippen molar-refractivity contribution in [3.05, 3.63) is 12.2 Å². The van der Waals surface area contributed by atoms with Crippen molar-refractivity contribution in [3.63, 3.8) is 0 Å². The number of fused-ring (bicyclic) bond motifs is 2. The van der Waals surface area contributed by atoms with E-state index in [2.05, 4.69) is 27.4 Å². The first-order valence-electron chi connectivity index (χ1n) is 5.69. The third kappa shape index (κ3) is 1.11. The summed E-state index contributed by atoms with van der Waals surface area (Å²) in [4.78, 5) is 11.9. The summed E-state index contributed by atoms with van der Waals surface area (Å²) in [5.41, 5.74) is 1.07. The Balaban J connectivity index is 2.31. The van der Waals surface area contributed by atoms with Crippen molar-refractivity contribution in [3.8, 4) is 0 Å². The molecule has 2 saturated carbocycles. The largest absolute Gasteiger partial charge is 0.299 e. The van der Waals surface area contributed by atoms with Crippen LogP contribution in [0.15, 0.2) is 12.2 Å². The van der Waals surface area contributed by atoms with Crippen LogP contribution in [0.2, 0.25) is 0 Å². The van der Waals surface area contributed by atoms with Crippen molar-refractivity contribution in [2.24, 2.45) is 23.2 Å². The van der Waals surface area contributed by atoms with Crippen molar-refractivity contribution < 1.29 is 4.79 Å². The lowest BCUT2D eigenvalue weighted by Crippen LogP contribution is -2.31. The van der Waals surface area contributed by atoms with E-state index in [0.717, 1.165) is 12.8 Å². The average molecular weight is 192 g/mol. The smallest absolute Gasteiger partial charge is 0.143 e. The number of carbonyl (C=O) groups is 1. The molecule has 1 nitrogen and oxygen atoms in total. The van der Waals surface area contributed by atoms with Gasteiger partial charge in [-0.15, -0.1) is 0 Å². The van der Waals surface area contributed by atoms with Gasteiger partial charge in [-0.1, -0.05) is 26.0 Å². The van der Waals surface area contributed by atoms with Gasteiger partial charge in [-0.25, -0.2) is 0 Å². The minimum Gasteiger partial charge on any atom is -0.299 e. The van der Waals surface area contributed by atoms with Gasteiger partial charge in [0, 0.05) is 11.8 Å². The molecule has 0 amide bonds. The lowest BCUT2D eigenvalue weighted by atomic mass is 9.66. The van der Waals surface area contributed by atoms with Gasteiger partial charge >= 0.3 is 0 Å². The maximum absolute atomic E-state index is 11.9. The third-order valence-electron chi connectivity index (χ3n) is 4.53. The fourth-order valence-corrected chi connectivity index (χ4v) is 3.30. The van der Waals surface area contributed by atoms with Gasteiger partial charge in [0.1, 0.15) is 5.78 Å². The second-order valence-electron chi connectivity index (χ2n) is 5.54. The second-order valence-corrected chi connectivity index (χ2v) is 5.54. The van der Waals surface area contributed by atoms with Crippen LogP contribution in [0.3, 0.4) is 0 Å². The molecule has 78 valence electrons. The molecule has 2 bridgehead atoms. The molecule has 1 heteroatoms. The molecule has 0 N–H and O–H groups in total. The molecule has 0 aromatic carbocycles. The molecule has 2 aliphatic rings. The van der Waals surface area contributed by atoms with Crippen molar-refractivity contribution in [1.82, 2.24) is 0 Å². The Morgan fingerprint density at radius 3 is 2.71 bits per heavy atom. The van der Waals surface area contributed by atoms with Gasteiger partial charge in [0.15, 0.2) is 0 Å². The van der Waals surface area contributed by atoms with Gasteiger partial charge in [-0.05, 0) is 37.5 Å². The highest BCUT2D eigenvalue weighted by molar-refractivity contribution is 5.91. The topological polar surface area (TPSA) is 17.1 Å². The summed E-state index contributed by atoms with van der Waals surface area (Å²) in [7, 11) is 0. The number of Topliss-reactive ketones (excluding diaryl/α,β-unsaturated/α-hetero) is 1. The normalized spacial score (nSPS) is 42.3. The highest BCUT2D eigenvalue weighted by Crippen LogP contribution is 2.55. The maximum Gasteiger partial charge on any atom is 0.143 e. The highest BCUT2D eigenvalue weighted by Gasteiger charge is 2.52. The van der Waals surface area contributed by atoms with Crippen LogP contribution >= 0.6 is 0 Å². The fraction of sp³-hybridized carbons (Fsp3) is 0.769. The van der Waals surface area contributed by atoms with Gasteiger partial charge in [0.2, 0.25) is 0 Å². The quantitative estimate of drug-likeness (QED) is 0.583. The molecular formula is C13H20O. The van der Waals surface area contributed by atoms with E-state index in [9.17, 15) is 4.79 Å². The number of rotatable bonds is 1. The summed E-state index contributed by atoms with van der Waals surface area (Å²) < 4.78 is 0. The van der Waals surface area contributed by atoms with E-state index in [1.54, 1.807) is 0 Å². The van der Waals surface area contributed by atoms with E-state index in [1.165, 1.54) is 12.0 Å². The Bertz CT molecular complexity index is 290. The first-order valence-corrected chi connectivity index (χ1v) is 5.69. The van der Waals surface area contributed by atoms with Crippen LogP contribution in [0.25, 0.3) is 0 Å². The predicted molar refractivity (Wildman–Crippen MR) is 57.9 cm³/mol. The predicted octanol–water partition coefficient (Wildman–Crippen LogP) is 3.20. The third-order valence-corrected chi connectivity index (χ3v) is 4.53. The molecule has 2 aliphatic carbocycles. The summed E-state index contributed by atoms with van der Waals surface area (Å²) in [5, 5.41) is 0. The molecule has 0 aliphatic heterocycles. The summed E-state index contributed by atoms with van der Waals surface area (Å²) in [5.74, 6) is 2.31. The maximum atomic E-state index is 11.9. The first kappa shape index (κ1) is 9.95. The zero-order valence-corrected chi connectivity index (χ0v) is 9.47. The van der Waals surface area contributed by atoms with Crippen LogP contribution in [0.1, 0.15) is 40.0 Å². The van der Waals surface area contributed by atoms with Crippen molar-refractivity contribution in [2.75, 3.05) is 0 Å². The van der Waals surface area contributed by atoms with Gasteiger partial charge in [0.05, 0.1) is 0 Å². The van der Waals surface area contributed by atoms with E-state index in [0.29, 0.717) is 23.5 Å². The summed E-state index contributed by atoms with van der Waals surface area (Å²) in [6, 6.07) is 0. The van der Waals surface area contributed by atoms with Crippen LogP contribution in [0, 0.1) is 23.2 Å². The summed E-state index contributed by atoms with van der Waals surface area (Å²) in [6.07, 6.45) is 3.01. The average Bonchev–Trinajstić information content (AvgIpc) is 2.28. The van der Waals surface area contributed by atoms with Gasteiger partial charge in [-0.2, -0.15) is 0 Å². The molecule has 0 radical (unpaired) electrons. The van der Waals surface area contributed by atoms with Gasteiger partial charge < -0.3 is 0 Å². The molecule has 3 atom stereocenters. The second kappa shape index (κ2) is 2.95. The Hall–Kier alpha value is -0.590. The molecule has 0 spiro atoms. The fourth-order valence-electron chi connectivity index (χ4n) is 3.30. The lowest BCUT2D eigenvalue weighted by molar-refractivity contribution is -0.124. The van der Waals surface area contributed by atoms with Crippen LogP contribution in [-0.2, 0) is 4.79 Å². The van der Waals surface area contributed by atoms with E-state index in [4.69, 9.17) is 0 Å². The molecule has 14 heavy (non-hydrogen) atoms. The number of ketones is 1. The lowest BCUT2D eigenvalue weighted by Gasteiger charge is -2.37. The molecule has 0 saturated heterocycles. The SMILES string of the molecule is C=C1[C@H]2CC(=O)[C@@]1(C)CC[C@@H]2C(C)C. The number of hydrogen-bond donors (Lipinski definition) is 0. The number of allylic oxidation sites excluding steroid dienone is 1. The Morgan fingerprint density at radius 1 is 1.50 bits per heavy atom. The number of carbonyl (C=O) groups excluding carboxylic acids is 1. The minimum absolute atomic E-state index is 0.157. The molecular weight excluding hydrogens is 172 g/mol. The van der Waals surface area contributed by atoms with Crippen LogP contribution in [0.5, 0.6) is 0 Å². The van der Waals surface area contributed by atoms with Crippen molar-refractivity contribution in [2.45, 2.75) is 40.0 Å². The van der Waals surface area contributed by atoms with Crippen LogP contribution in [0.4, 0.5) is 0 Å². The van der Waals surface area contributed by atoms with Crippen molar-refractivity contribution >= 4 is 5.78 Å². The van der Waals surface area contributed by atoms with E-state index in [-0.39, 0.29) is 5.41 Å². The van der Waals surface area contributed by atoms with E-state index >= 15 is 0 Å². The highest BCUT2D eigenvalue weighted by atomic mass is 16.1. The molecule has 2 fully saturated rings. The Morgan fingerprint density at radius 2 is 2.14 bits per heavy atom. The Kier molecular flexibility index (Phi) is 2.09. The molecule has 0 heterocycles. The molecule has 2 rings (SSSR count). The van der Waals surface area contributed by atoms with Crippen molar-refractivity contribution in [1.29, 1.82) is 0 Å². The van der Waals surface area contributed by atoms with Gasteiger partial charge in [0.25, 0.3) is 0 Å². The molecule has 0 aromatic heterocycles. The van der Waals surface area contributed by atoms with E-state index in [1.807, 2.05) is 0 Å². The minimum atomic E-state index is -0.157. The van der Waals surface area contributed by atoms with Crippen LogP contribution < -0.4 is 0 Å². The summed E-state index contributed by atoms with van der Waals surface area (Å²) >= 11 is 0. The standard InChI is InChI=1S/C13H20O/c1-8(2)10-5-6-13(4)9(3)11(10)7-12(13)14/h8,10-11H,3,5-7H2,1-2,4H3/t10-,11-,13+/m1/s1. The Labute approximate surface area is 86.6 Å². The zero-order valence-electron chi connectivity index (χ0n) is 9.47. The first-order chi connectivity index (χ1) is 6.47. The van der Waals surface area contributed by atoms with E-state index < -0.39 is 0 Å². The zero-order chi connectivity index (χ0) is 10.5. The monoisotopic (exact) mass is 192 g/mol. The van der Waals surface area contributed by atoms with Gasteiger partial charge in [-0.3, -0.25) is 4.79 Å². The number of hydrogen-bond acceptors (Lipinski definition) is 1. The summed E-state index contributed by atoms with van der Waals surface area (Å²) in [6.45, 7) is 10.8. The van der Waals surface area contributed by atoms with Crippen LogP contribution in [-0.4, -0.2) is 5.78 Å². The molecule has 0 aromatic rings. The molecule has 0 unspecified atom stereocenters.